The van der Waals surface area contributed by atoms with E-state index < -0.39 is 15.9 Å². The fraction of sp³-hybridized carbons (Fsp3) is 0.273. The molecule has 8 nitrogen and oxygen atoms in total. The molecular formula is C22H24ClN5O3S. The van der Waals surface area contributed by atoms with Gasteiger partial charge >= 0.3 is 0 Å². The van der Waals surface area contributed by atoms with Crippen molar-refractivity contribution in [1.82, 2.24) is 14.1 Å². The van der Waals surface area contributed by atoms with Gasteiger partial charge < -0.3 is 10.2 Å². The van der Waals surface area contributed by atoms with Crippen molar-refractivity contribution in [3.63, 3.8) is 0 Å². The van der Waals surface area contributed by atoms with Gasteiger partial charge in [0.15, 0.2) is 0 Å². The Labute approximate surface area is 192 Å². The number of anilines is 2. The number of carbonyl (C=O) groups excluding carboxylic acids is 1. The van der Waals surface area contributed by atoms with Crippen LogP contribution in [0.3, 0.4) is 0 Å². The lowest BCUT2D eigenvalue weighted by Gasteiger charge is -2.35. The molecule has 0 bridgehead atoms. The van der Waals surface area contributed by atoms with E-state index in [1.165, 1.54) is 15.2 Å². The Bertz CT molecular complexity index is 1230. The molecule has 168 valence electrons. The monoisotopic (exact) mass is 473 g/mol. The highest BCUT2D eigenvalue weighted by atomic mass is 35.5. The topological polar surface area (TPSA) is 87.5 Å². The van der Waals surface area contributed by atoms with Crippen molar-refractivity contribution in [2.45, 2.75) is 11.9 Å². The Kier molecular flexibility index (Phi) is 6.23. The molecular weight excluding hydrogens is 450 g/mol. The molecule has 1 amide bonds. The quantitative estimate of drug-likeness (QED) is 0.615. The van der Waals surface area contributed by atoms with Crippen LogP contribution in [0.2, 0.25) is 5.02 Å². The van der Waals surface area contributed by atoms with Crippen molar-refractivity contribution >= 4 is 38.9 Å². The fourth-order valence-electron chi connectivity index (χ4n) is 3.70. The van der Waals surface area contributed by atoms with Gasteiger partial charge in [0, 0.05) is 55.8 Å². The predicted octanol–water partition coefficient (Wildman–Crippen LogP) is 3.15. The lowest BCUT2D eigenvalue weighted by Crippen LogP contribution is -2.49. The molecule has 0 spiro atoms. The van der Waals surface area contributed by atoms with E-state index in [-0.39, 0.29) is 10.6 Å². The van der Waals surface area contributed by atoms with Crippen LogP contribution in [0, 0.1) is 6.92 Å². The third-order valence-electron chi connectivity index (χ3n) is 5.33. The van der Waals surface area contributed by atoms with Gasteiger partial charge in [0.2, 0.25) is 5.03 Å². The number of benzene rings is 2. The van der Waals surface area contributed by atoms with Crippen LogP contribution in [0.1, 0.15) is 15.9 Å². The molecule has 10 heteroatoms. The van der Waals surface area contributed by atoms with Gasteiger partial charge in [0.25, 0.3) is 15.9 Å². The number of piperazine rings is 1. The number of hydrogen-bond acceptors (Lipinski definition) is 5. The Hall–Kier alpha value is -2.88. The lowest BCUT2D eigenvalue weighted by atomic mass is 10.2. The molecule has 0 atom stereocenters. The molecule has 3 aromatic rings. The first-order chi connectivity index (χ1) is 15.2. The van der Waals surface area contributed by atoms with Crippen LogP contribution in [-0.4, -0.2) is 54.6 Å². The number of sulfonamides is 1. The number of nitrogens with one attached hydrogen (secondary N) is 1. The summed E-state index contributed by atoms with van der Waals surface area (Å²) in [5.41, 5.74) is 2.59. The Morgan fingerprint density at radius 1 is 1.06 bits per heavy atom. The second-order valence-corrected chi connectivity index (χ2v) is 10.0. The van der Waals surface area contributed by atoms with Crippen molar-refractivity contribution < 1.29 is 13.2 Å². The molecule has 0 aliphatic carbocycles. The lowest BCUT2D eigenvalue weighted by molar-refractivity contribution is 0.102. The van der Waals surface area contributed by atoms with E-state index in [9.17, 15) is 13.2 Å². The zero-order valence-corrected chi connectivity index (χ0v) is 19.4. The molecule has 1 aliphatic rings. The first-order valence-corrected chi connectivity index (χ1v) is 12.0. The summed E-state index contributed by atoms with van der Waals surface area (Å²) in [4.78, 5) is 15.0. The molecule has 2 aromatic carbocycles. The highest BCUT2D eigenvalue weighted by Crippen LogP contribution is 2.24. The summed E-state index contributed by atoms with van der Waals surface area (Å²) < 4.78 is 29.4. The fourth-order valence-corrected chi connectivity index (χ4v) is 5.37. The van der Waals surface area contributed by atoms with Crippen LogP contribution < -0.4 is 10.2 Å². The molecule has 0 unspecified atom stereocenters. The summed E-state index contributed by atoms with van der Waals surface area (Å²) in [6, 6.07) is 14.8. The van der Waals surface area contributed by atoms with Gasteiger partial charge in [0.05, 0.1) is 5.56 Å². The number of nitrogens with zero attached hydrogens (tertiary/aromatic N) is 4. The third kappa shape index (κ3) is 4.64. The number of carbonyl (C=O) groups is 1. The van der Waals surface area contributed by atoms with Gasteiger partial charge in [-0.3, -0.25) is 9.48 Å². The van der Waals surface area contributed by atoms with Crippen LogP contribution in [0.25, 0.3) is 0 Å². The van der Waals surface area contributed by atoms with Gasteiger partial charge in [0.1, 0.15) is 0 Å². The van der Waals surface area contributed by atoms with Crippen molar-refractivity contribution in [2.24, 2.45) is 7.05 Å². The van der Waals surface area contributed by atoms with Crippen molar-refractivity contribution in [3.05, 3.63) is 70.9 Å². The Balaban J connectivity index is 1.52. The van der Waals surface area contributed by atoms with Gasteiger partial charge in [-0.15, -0.1) is 0 Å². The predicted molar refractivity (Wildman–Crippen MR) is 125 cm³/mol. The number of rotatable bonds is 5. The molecule has 1 N–H and O–H groups in total. The van der Waals surface area contributed by atoms with Crippen molar-refractivity contribution in [1.29, 1.82) is 0 Å². The highest BCUT2D eigenvalue weighted by molar-refractivity contribution is 7.89. The molecule has 2 heterocycles. The zero-order chi connectivity index (χ0) is 22.9. The van der Waals surface area contributed by atoms with Crippen LogP contribution in [0.5, 0.6) is 0 Å². The SMILES string of the molecule is Cc1cccc(NC(=O)c2cn(C)nc2S(=O)(=O)N2CCN(c3ccc(Cl)cc3)CC2)c1. The normalized spacial score (nSPS) is 15.0. The number of hydrogen-bond donors (Lipinski definition) is 1. The Morgan fingerprint density at radius 3 is 2.41 bits per heavy atom. The summed E-state index contributed by atoms with van der Waals surface area (Å²) in [5, 5.41) is 7.31. The maximum atomic E-state index is 13.4. The minimum atomic E-state index is -3.94. The molecule has 32 heavy (non-hydrogen) atoms. The van der Waals surface area contributed by atoms with Crippen molar-refractivity contribution in [3.8, 4) is 0 Å². The summed E-state index contributed by atoms with van der Waals surface area (Å²) in [7, 11) is -2.34. The van der Waals surface area contributed by atoms with Crippen LogP contribution >= 0.6 is 11.6 Å². The number of halogens is 1. The third-order valence-corrected chi connectivity index (χ3v) is 7.42. The summed E-state index contributed by atoms with van der Waals surface area (Å²) in [5.74, 6) is -0.512. The van der Waals surface area contributed by atoms with E-state index in [0.717, 1.165) is 11.3 Å². The summed E-state index contributed by atoms with van der Waals surface area (Å²) >= 11 is 5.95. The maximum Gasteiger partial charge on any atom is 0.263 e. The zero-order valence-electron chi connectivity index (χ0n) is 17.8. The largest absolute Gasteiger partial charge is 0.369 e. The van der Waals surface area contributed by atoms with Gasteiger partial charge in [-0.1, -0.05) is 23.7 Å². The smallest absolute Gasteiger partial charge is 0.263 e. The van der Waals surface area contributed by atoms with Crippen molar-refractivity contribution in [2.75, 3.05) is 36.4 Å². The summed E-state index contributed by atoms with van der Waals surface area (Å²) in [6.45, 7) is 3.55. The second kappa shape index (κ2) is 8.93. The molecule has 1 aromatic heterocycles. The first-order valence-electron chi connectivity index (χ1n) is 10.2. The molecule has 1 saturated heterocycles. The van der Waals surface area contributed by atoms with E-state index in [1.54, 1.807) is 13.1 Å². The first kappa shape index (κ1) is 22.3. The average Bonchev–Trinajstić information content (AvgIpc) is 3.17. The molecule has 1 aliphatic heterocycles. The van der Waals surface area contributed by atoms with Crippen LogP contribution in [0.4, 0.5) is 11.4 Å². The average molecular weight is 474 g/mol. The van der Waals surface area contributed by atoms with Gasteiger partial charge in [-0.2, -0.15) is 9.40 Å². The standard InChI is InChI=1S/C22H24ClN5O3S/c1-16-4-3-5-18(14-16)24-21(29)20-15-26(2)25-22(20)32(30,31)28-12-10-27(11-13-28)19-8-6-17(23)7-9-19/h3-9,14-15H,10-13H2,1-2H3,(H,24,29). The second-order valence-electron chi connectivity index (χ2n) is 7.71. The number of aromatic nitrogens is 2. The van der Waals surface area contributed by atoms with Gasteiger partial charge in [-0.05, 0) is 48.9 Å². The van der Waals surface area contributed by atoms with Gasteiger partial charge in [-0.25, -0.2) is 8.42 Å². The summed E-state index contributed by atoms with van der Waals surface area (Å²) in [6.07, 6.45) is 1.43. The minimum absolute atomic E-state index is 0.0223. The van der Waals surface area contributed by atoms with E-state index in [4.69, 9.17) is 11.6 Å². The number of amides is 1. The molecule has 1 fully saturated rings. The minimum Gasteiger partial charge on any atom is -0.369 e. The van der Waals surface area contributed by atoms with Crippen LogP contribution in [-0.2, 0) is 17.1 Å². The molecule has 4 rings (SSSR count). The number of aryl methyl sites for hydroxylation is 2. The Morgan fingerprint density at radius 2 is 1.75 bits per heavy atom. The highest BCUT2D eigenvalue weighted by Gasteiger charge is 2.34. The maximum absolute atomic E-state index is 13.4. The van der Waals surface area contributed by atoms with Crippen LogP contribution in [0.15, 0.2) is 59.8 Å². The van der Waals surface area contributed by atoms with E-state index in [0.29, 0.717) is 36.9 Å². The molecule has 0 radical (unpaired) electrons. The van der Waals surface area contributed by atoms with E-state index in [2.05, 4.69) is 15.3 Å². The van der Waals surface area contributed by atoms with E-state index in [1.807, 2.05) is 49.4 Å². The van der Waals surface area contributed by atoms with E-state index >= 15 is 0 Å². The molecule has 0 saturated carbocycles.